The van der Waals surface area contributed by atoms with Crippen molar-refractivity contribution in [1.82, 2.24) is 9.55 Å². The zero-order valence-corrected chi connectivity index (χ0v) is 13.1. The summed E-state index contributed by atoms with van der Waals surface area (Å²) in [5.74, 6) is 0. The minimum Gasteiger partial charge on any atom is -0.330 e. The van der Waals surface area contributed by atoms with Crippen LogP contribution in [0.3, 0.4) is 0 Å². The molecule has 0 radical (unpaired) electrons. The number of aromatic nitrogens is 2. The Morgan fingerprint density at radius 2 is 1.82 bits per heavy atom. The van der Waals surface area contributed by atoms with E-state index in [1.807, 2.05) is 42.6 Å². The number of nitrogens with zero attached hydrogens (tertiary/aromatic N) is 2. The molecule has 1 heterocycles. The lowest BCUT2D eigenvalue weighted by molar-refractivity contribution is -0.108. The van der Waals surface area contributed by atoms with E-state index >= 15 is 0 Å². The first-order valence-corrected chi connectivity index (χ1v) is 7.45. The molecule has 3 nitrogen and oxygen atoms in total. The lowest BCUT2D eigenvalue weighted by Crippen LogP contribution is -1.93. The molecule has 0 atom stereocenters. The molecule has 22 heavy (non-hydrogen) atoms. The first kappa shape index (κ1) is 14.8. The molecule has 0 N–H and O–H groups in total. The Morgan fingerprint density at radius 1 is 1.05 bits per heavy atom. The summed E-state index contributed by atoms with van der Waals surface area (Å²) in [6, 6.07) is 13.3. The summed E-state index contributed by atoms with van der Waals surface area (Å²) >= 11 is 12.3. The topological polar surface area (TPSA) is 34.9 Å². The number of imidazole rings is 1. The van der Waals surface area contributed by atoms with Gasteiger partial charge in [0.1, 0.15) is 6.29 Å². The van der Waals surface area contributed by atoms with Crippen molar-refractivity contribution in [2.45, 2.75) is 6.54 Å². The van der Waals surface area contributed by atoms with Gasteiger partial charge in [-0.2, -0.15) is 0 Å². The van der Waals surface area contributed by atoms with E-state index in [1.165, 1.54) is 0 Å². The monoisotopic (exact) mass is 330 g/mol. The molecular weight excluding hydrogens is 319 g/mol. The van der Waals surface area contributed by atoms with E-state index in [9.17, 15) is 4.79 Å². The summed E-state index contributed by atoms with van der Waals surface area (Å²) in [6.07, 6.45) is 4.33. The van der Waals surface area contributed by atoms with Crippen molar-refractivity contribution in [2.75, 3.05) is 0 Å². The average molecular weight is 331 g/mol. The highest BCUT2D eigenvalue weighted by Gasteiger charge is 2.12. The second-order valence-electron chi connectivity index (χ2n) is 4.79. The van der Waals surface area contributed by atoms with E-state index in [0.717, 1.165) is 28.7 Å². The molecule has 0 aliphatic heterocycles. The van der Waals surface area contributed by atoms with E-state index < -0.39 is 0 Å². The van der Waals surface area contributed by atoms with Crippen molar-refractivity contribution in [3.05, 3.63) is 65.0 Å². The SMILES string of the molecule is O=CCn1cnc(-c2ccccc2-c2ccc(Cl)cc2Cl)c1. The summed E-state index contributed by atoms with van der Waals surface area (Å²) < 4.78 is 1.74. The van der Waals surface area contributed by atoms with E-state index in [-0.39, 0.29) is 6.54 Å². The maximum Gasteiger partial charge on any atom is 0.139 e. The Morgan fingerprint density at radius 3 is 2.55 bits per heavy atom. The highest BCUT2D eigenvalue weighted by atomic mass is 35.5. The van der Waals surface area contributed by atoms with Gasteiger partial charge in [-0.1, -0.05) is 53.5 Å². The van der Waals surface area contributed by atoms with Crippen LogP contribution in [-0.4, -0.2) is 15.8 Å². The second-order valence-corrected chi connectivity index (χ2v) is 5.64. The van der Waals surface area contributed by atoms with Crippen LogP contribution in [0.4, 0.5) is 0 Å². The van der Waals surface area contributed by atoms with Gasteiger partial charge in [0.15, 0.2) is 0 Å². The van der Waals surface area contributed by atoms with Gasteiger partial charge in [0.25, 0.3) is 0 Å². The number of hydrogen-bond acceptors (Lipinski definition) is 2. The Hall–Kier alpha value is -2.10. The number of halogens is 2. The van der Waals surface area contributed by atoms with Gasteiger partial charge < -0.3 is 9.36 Å². The van der Waals surface area contributed by atoms with Gasteiger partial charge in [-0.25, -0.2) is 4.98 Å². The molecule has 3 aromatic rings. The summed E-state index contributed by atoms with van der Waals surface area (Å²) in [5, 5.41) is 1.19. The van der Waals surface area contributed by atoms with Crippen LogP contribution in [0.2, 0.25) is 10.0 Å². The molecule has 0 spiro atoms. The van der Waals surface area contributed by atoms with Crippen LogP contribution in [0.25, 0.3) is 22.4 Å². The molecule has 1 aromatic heterocycles. The minimum atomic E-state index is 0.289. The summed E-state index contributed by atoms with van der Waals surface area (Å²) in [7, 11) is 0. The predicted octanol–water partition coefficient (Wildman–Crippen LogP) is 4.72. The fraction of sp³-hybridized carbons (Fsp3) is 0.0588. The van der Waals surface area contributed by atoms with Gasteiger partial charge >= 0.3 is 0 Å². The molecule has 0 aliphatic rings. The van der Waals surface area contributed by atoms with Crippen molar-refractivity contribution in [3.63, 3.8) is 0 Å². The Bertz CT molecular complexity index is 827. The average Bonchev–Trinajstić information content (AvgIpc) is 2.96. The van der Waals surface area contributed by atoms with E-state index in [2.05, 4.69) is 4.98 Å². The van der Waals surface area contributed by atoms with Crippen LogP contribution in [0.1, 0.15) is 0 Å². The summed E-state index contributed by atoms with van der Waals surface area (Å²) in [5.41, 5.74) is 3.62. The first-order chi connectivity index (χ1) is 10.7. The molecule has 0 saturated heterocycles. The third kappa shape index (κ3) is 2.91. The van der Waals surface area contributed by atoms with Crippen LogP contribution < -0.4 is 0 Å². The molecule has 3 rings (SSSR count). The molecular formula is C17H12Cl2N2O. The van der Waals surface area contributed by atoms with E-state index in [1.54, 1.807) is 17.0 Å². The van der Waals surface area contributed by atoms with Gasteiger partial charge in [-0.15, -0.1) is 0 Å². The number of carbonyl (C=O) groups is 1. The zero-order chi connectivity index (χ0) is 15.5. The van der Waals surface area contributed by atoms with E-state index in [4.69, 9.17) is 23.2 Å². The quantitative estimate of drug-likeness (QED) is 0.648. The standard InChI is InChI=1S/C17H12Cl2N2O/c18-12-5-6-14(16(19)9-12)13-3-1-2-4-15(13)17-10-21(7-8-22)11-20-17/h1-6,8-11H,7H2. The lowest BCUT2D eigenvalue weighted by Gasteiger charge is -2.10. The van der Waals surface area contributed by atoms with Gasteiger partial charge in [0, 0.05) is 27.4 Å². The van der Waals surface area contributed by atoms with Gasteiger partial charge in [-0.3, -0.25) is 0 Å². The molecule has 2 aromatic carbocycles. The Balaban J connectivity index is 2.11. The number of hydrogen-bond donors (Lipinski definition) is 0. The van der Waals surface area contributed by atoms with Gasteiger partial charge in [0.05, 0.1) is 18.6 Å². The molecule has 0 fully saturated rings. The molecule has 0 aliphatic carbocycles. The van der Waals surface area contributed by atoms with Crippen molar-refractivity contribution >= 4 is 29.5 Å². The fourth-order valence-electron chi connectivity index (χ4n) is 2.33. The third-order valence-corrected chi connectivity index (χ3v) is 3.89. The molecule has 0 saturated carbocycles. The number of aldehydes is 1. The molecule has 110 valence electrons. The van der Waals surface area contributed by atoms with Crippen LogP contribution in [-0.2, 0) is 11.3 Å². The Kier molecular flexibility index (Phi) is 4.27. The van der Waals surface area contributed by atoms with Crippen molar-refractivity contribution in [1.29, 1.82) is 0 Å². The normalized spacial score (nSPS) is 10.6. The number of rotatable bonds is 4. The summed E-state index contributed by atoms with van der Waals surface area (Å²) in [6.45, 7) is 0.289. The zero-order valence-electron chi connectivity index (χ0n) is 11.5. The molecule has 5 heteroatoms. The molecule has 0 amide bonds. The van der Waals surface area contributed by atoms with Gasteiger partial charge in [0.2, 0.25) is 0 Å². The summed E-state index contributed by atoms with van der Waals surface area (Å²) in [4.78, 5) is 15.0. The van der Waals surface area contributed by atoms with Crippen molar-refractivity contribution in [2.24, 2.45) is 0 Å². The van der Waals surface area contributed by atoms with E-state index in [0.29, 0.717) is 10.0 Å². The van der Waals surface area contributed by atoms with Crippen LogP contribution in [0, 0.1) is 0 Å². The Labute approximate surface area is 138 Å². The maximum absolute atomic E-state index is 10.6. The smallest absolute Gasteiger partial charge is 0.139 e. The third-order valence-electron chi connectivity index (χ3n) is 3.34. The minimum absolute atomic E-state index is 0.289. The number of benzene rings is 2. The van der Waals surface area contributed by atoms with Crippen LogP contribution in [0.5, 0.6) is 0 Å². The largest absolute Gasteiger partial charge is 0.330 e. The highest BCUT2D eigenvalue weighted by molar-refractivity contribution is 6.36. The first-order valence-electron chi connectivity index (χ1n) is 6.69. The lowest BCUT2D eigenvalue weighted by atomic mass is 9.98. The van der Waals surface area contributed by atoms with Crippen LogP contribution in [0.15, 0.2) is 55.0 Å². The van der Waals surface area contributed by atoms with Crippen molar-refractivity contribution < 1.29 is 4.79 Å². The molecule has 0 bridgehead atoms. The number of carbonyl (C=O) groups excluding carboxylic acids is 1. The fourth-order valence-corrected chi connectivity index (χ4v) is 2.84. The van der Waals surface area contributed by atoms with Gasteiger partial charge in [-0.05, 0) is 17.7 Å². The van der Waals surface area contributed by atoms with Crippen molar-refractivity contribution in [3.8, 4) is 22.4 Å². The second kappa shape index (κ2) is 6.34. The maximum atomic E-state index is 10.6. The highest BCUT2D eigenvalue weighted by Crippen LogP contribution is 2.36. The molecule has 0 unspecified atom stereocenters. The predicted molar refractivity (Wildman–Crippen MR) is 89.2 cm³/mol. The van der Waals surface area contributed by atoms with Crippen LogP contribution >= 0.6 is 23.2 Å².